The Bertz CT molecular complexity index is 209. The number of hydrogen-bond donors (Lipinski definition) is 2. The van der Waals surface area contributed by atoms with E-state index in [4.69, 9.17) is 5.73 Å². The predicted octanol–water partition coefficient (Wildman–Crippen LogP) is 1.37. The molecule has 3 N–H and O–H groups in total. The highest BCUT2D eigenvalue weighted by atomic mass is 19.3. The fourth-order valence-electron chi connectivity index (χ4n) is 0.694. The number of nitrogens with zero attached hydrogens (tertiary/aromatic N) is 1. The lowest BCUT2D eigenvalue weighted by Crippen LogP contribution is -2.06. The molecule has 0 radical (unpaired) electrons. The number of H-pyrrole nitrogens is 1. The number of aromatic nitrogens is 2. The van der Waals surface area contributed by atoms with Gasteiger partial charge in [0.15, 0.2) is 0 Å². The van der Waals surface area contributed by atoms with Gasteiger partial charge >= 0.3 is 0 Å². The Hall–Kier alpha value is -0.970. The van der Waals surface area contributed by atoms with Crippen LogP contribution in [0.15, 0.2) is 6.20 Å². The van der Waals surface area contributed by atoms with E-state index in [0.29, 0.717) is 5.82 Å². The van der Waals surface area contributed by atoms with Crippen molar-refractivity contribution in [1.82, 2.24) is 9.97 Å². The molecule has 1 atom stereocenters. The molecule has 0 aliphatic heterocycles. The molecule has 0 aromatic carbocycles. The monoisotopic (exact) mass is 161 g/mol. The van der Waals surface area contributed by atoms with Crippen LogP contribution in [0.25, 0.3) is 0 Å². The molecule has 11 heavy (non-hydrogen) atoms. The lowest BCUT2D eigenvalue weighted by molar-refractivity contribution is 0.146. The van der Waals surface area contributed by atoms with Crippen molar-refractivity contribution >= 4 is 0 Å². The fourth-order valence-corrected chi connectivity index (χ4v) is 0.694. The van der Waals surface area contributed by atoms with Gasteiger partial charge in [-0.1, -0.05) is 0 Å². The topological polar surface area (TPSA) is 54.7 Å². The Morgan fingerprint density at radius 3 is 2.55 bits per heavy atom. The summed E-state index contributed by atoms with van der Waals surface area (Å²) in [4.78, 5) is 6.10. The molecule has 0 aliphatic rings. The predicted molar refractivity (Wildman–Crippen MR) is 36.1 cm³/mol. The highest BCUT2D eigenvalue weighted by molar-refractivity contribution is 5.04. The van der Waals surface area contributed by atoms with Gasteiger partial charge in [0, 0.05) is 0 Å². The first-order valence-electron chi connectivity index (χ1n) is 3.19. The van der Waals surface area contributed by atoms with Crippen LogP contribution >= 0.6 is 0 Å². The van der Waals surface area contributed by atoms with Crippen LogP contribution in [0.3, 0.4) is 0 Å². The molecule has 1 aromatic rings. The minimum Gasteiger partial charge on any atom is -0.340 e. The maximum absolute atomic E-state index is 11.9. The van der Waals surface area contributed by atoms with E-state index in [-0.39, 0.29) is 11.7 Å². The molecule has 1 heterocycles. The van der Waals surface area contributed by atoms with Gasteiger partial charge in [-0.2, -0.15) is 0 Å². The van der Waals surface area contributed by atoms with Crippen LogP contribution in [0.2, 0.25) is 0 Å². The average Bonchev–Trinajstić information content (AvgIpc) is 2.33. The van der Waals surface area contributed by atoms with Gasteiger partial charge in [0.05, 0.1) is 12.2 Å². The van der Waals surface area contributed by atoms with Crippen LogP contribution in [0, 0.1) is 0 Å². The van der Waals surface area contributed by atoms with Gasteiger partial charge in [-0.15, -0.1) is 0 Å². The molecule has 1 aromatic heterocycles. The van der Waals surface area contributed by atoms with Crippen LogP contribution in [0.1, 0.15) is 30.9 Å². The third kappa shape index (κ3) is 1.74. The van der Waals surface area contributed by atoms with Gasteiger partial charge in [-0.25, -0.2) is 13.8 Å². The van der Waals surface area contributed by atoms with Crippen molar-refractivity contribution in [1.29, 1.82) is 0 Å². The molecule has 5 heteroatoms. The number of aromatic amines is 1. The van der Waals surface area contributed by atoms with E-state index in [9.17, 15) is 8.78 Å². The molecule has 0 fully saturated rings. The summed E-state index contributed by atoms with van der Waals surface area (Å²) >= 11 is 0. The van der Waals surface area contributed by atoms with Gasteiger partial charge in [-0.05, 0) is 6.92 Å². The van der Waals surface area contributed by atoms with Crippen LogP contribution in [-0.4, -0.2) is 9.97 Å². The zero-order valence-corrected chi connectivity index (χ0v) is 6.01. The molecule has 0 amide bonds. The van der Waals surface area contributed by atoms with Crippen molar-refractivity contribution < 1.29 is 8.78 Å². The molecule has 0 bridgehead atoms. The molecule has 0 saturated carbocycles. The summed E-state index contributed by atoms with van der Waals surface area (Å²) in [5, 5.41) is 0. The number of halogens is 2. The molecule has 1 rings (SSSR count). The molecule has 0 spiro atoms. The van der Waals surface area contributed by atoms with E-state index < -0.39 is 6.43 Å². The van der Waals surface area contributed by atoms with Crippen molar-refractivity contribution in [2.75, 3.05) is 0 Å². The Kier molecular flexibility index (Phi) is 2.19. The second-order valence-electron chi connectivity index (χ2n) is 2.31. The van der Waals surface area contributed by atoms with Crippen molar-refractivity contribution in [3.8, 4) is 0 Å². The first kappa shape index (κ1) is 8.13. The zero-order chi connectivity index (χ0) is 8.43. The van der Waals surface area contributed by atoms with Gasteiger partial charge in [-0.3, -0.25) is 0 Å². The second-order valence-corrected chi connectivity index (χ2v) is 2.31. The van der Waals surface area contributed by atoms with E-state index in [0.717, 1.165) is 6.20 Å². The summed E-state index contributed by atoms with van der Waals surface area (Å²) in [5.74, 6) is 0.389. The lowest BCUT2D eigenvalue weighted by atomic mass is 10.3. The van der Waals surface area contributed by atoms with E-state index in [1.54, 1.807) is 6.92 Å². The Balaban J connectivity index is 2.82. The summed E-state index contributed by atoms with van der Waals surface area (Å²) in [7, 11) is 0. The normalized spacial score (nSPS) is 13.9. The summed E-state index contributed by atoms with van der Waals surface area (Å²) in [6.45, 7) is 1.67. The van der Waals surface area contributed by atoms with Gasteiger partial charge < -0.3 is 10.7 Å². The van der Waals surface area contributed by atoms with E-state index in [1.807, 2.05) is 0 Å². The number of rotatable bonds is 2. The number of nitrogens with one attached hydrogen (secondary N) is 1. The summed E-state index contributed by atoms with van der Waals surface area (Å²) in [5.41, 5.74) is 5.21. The smallest absolute Gasteiger partial charge is 0.279 e. The van der Waals surface area contributed by atoms with Crippen molar-refractivity contribution in [3.05, 3.63) is 17.7 Å². The zero-order valence-electron chi connectivity index (χ0n) is 6.01. The molecule has 0 aliphatic carbocycles. The third-order valence-electron chi connectivity index (χ3n) is 1.28. The van der Waals surface area contributed by atoms with Crippen LogP contribution < -0.4 is 5.73 Å². The van der Waals surface area contributed by atoms with Crippen LogP contribution in [0.4, 0.5) is 8.78 Å². The molecular formula is C6H9F2N3. The highest BCUT2D eigenvalue weighted by Crippen LogP contribution is 2.17. The quantitative estimate of drug-likeness (QED) is 0.688. The van der Waals surface area contributed by atoms with E-state index in [2.05, 4.69) is 9.97 Å². The molecular weight excluding hydrogens is 152 g/mol. The Labute approximate surface area is 62.6 Å². The SMILES string of the molecule is CC(N)c1ncc(C(F)F)[nH]1. The van der Waals surface area contributed by atoms with Crippen molar-refractivity contribution in [3.63, 3.8) is 0 Å². The van der Waals surface area contributed by atoms with Gasteiger partial charge in [0.1, 0.15) is 11.5 Å². The number of nitrogens with two attached hydrogens (primary N) is 1. The average molecular weight is 161 g/mol. The maximum atomic E-state index is 11.9. The summed E-state index contributed by atoms with van der Waals surface area (Å²) in [6, 6.07) is -0.331. The van der Waals surface area contributed by atoms with E-state index >= 15 is 0 Å². The standard InChI is InChI=1S/C6H9F2N3/c1-3(9)6-10-2-4(11-6)5(7)8/h2-3,5H,9H2,1H3,(H,10,11). The number of imidazole rings is 1. The third-order valence-corrected chi connectivity index (χ3v) is 1.28. The minimum absolute atomic E-state index is 0.183. The van der Waals surface area contributed by atoms with Gasteiger partial charge in [0.2, 0.25) is 0 Å². The Morgan fingerprint density at radius 2 is 2.27 bits per heavy atom. The minimum atomic E-state index is -2.50. The van der Waals surface area contributed by atoms with Crippen LogP contribution in [0.5, 0.6) is 0 Å². The highest BCUT2D eigenvalue weighted by Gasteiger charge is 2.11. The fraction of sp³-hybridized carbons (Fsp3) is 0.500. The maximum Gasteiger partial charge on any atom is 0.279 e. The molecule has 0 saturated heterocycles. The van der Waals surface area contributed by atoms with Crippen LogP contribution in [-0.2, 0) is 0 Å². The Morgan fingerprint density at radius 1 is 1.64 bits per heavy atom. The largest absolute Gasteiger partial charge is 0.340 e. The lowest BCUT2D eigenvalue weighted by Gasteiger charge is -1.98. The summed E-state index contributed by atoms with van der Waals surface area (Å²) in [6.07, 6.45) is -1.40. The first-order chi connectivity index (χ1) is 5.11. The van der Waals surface area contributed by atoms with E-state index in [1.165, 1.54) is 0 Å². The molecule has 62 valence electrons. The number of alkyl halides is 2. The van der Waals surface area contributed by atoms with Crippen molar-refractivity contribution in [2.45, 2.75) is 19.4 Å². The number of hydrogen-bond acceptors (Lipinski definition) is 2. The first-order valence-corrected chi connectivity index (χ1v) is 3.19. The summed E-state index contributed by atoms with van der Waals surface area (Å²) < 4.78 is 23.9. The second kappa shape index (κ2) is 2.96. The molecule has 1 unspecified atom stereocenters. The van der Waals surface area contributed by atoms with Gasteiger partial charge in [0.25, 0.3) is 6.43 Å². The van der Waals surface area contributed by atoms with Crippen molar-refractivity contribution in [2.24, 2.45) is 5.73 Å². The molecule has 3 nitrogen and oxygen atoms in total.